The lowest BCUT2D eigenvalue weighted by molar-refractivity contribution is -0.384. The molecule has 5 rings (SSSR count). The van der Waals surface area contributed by atoms with Crippen molar-refractivity contribution in [3.8, 4) is 0 Å². The molecule has 0 heterocycles. The zero-order valence-electron chi connectivity index (χ0n) is 19.3. The van der Waals surface area contributed by atoms with E-state index in [-0.39, 0.29) is 5.69 Å². The lowest BCUT2D eigenvalue weighted by Crippen LogP contribution is -1.99. The van der Waals surface area contributed by atoms with E-state index >= 15 is 0 Å². The van der Waals surface area contributed by atoms with Crippen molar-refractivity contribution < 1.29 is 4.92 Å². The summed E-state index contributed by atoms with van der Waals surface area (Å²) in [6.07, 6.45) is 0. The molecule has 0 amide bonds. The molecule has 0 aromatic heterocycles. The molecular weight excluding hydrogens is 450 g/mol. The number of non-ortho nitro benzene ring substituents is 1. The first-order valence-corrected chi connectivity index (χ1v) is 11.5. The Balaban J connectivity index is 1.32. The number of nitrogens with zero attached hydrogens (tertiary/aromatic N) is 3. The van der Waals surface area contributed by atoms with Crippen LogP contribution in [0, 0.1) is 10.1 Å². The predicted octanol–water partition coefficient (Wildman–Crippen LogP) is 8.52. The zero-order chi connectivity index (χ0) is 24.7. The molecule has 7 nitrogen and oxygen atoms in total. The molecule has 0 aliphatic carbocycles. The van der Waals surface area contributed by atoms with Crippen molar-refractivity contribution in [2.24, 2.45) is 10.2 Å². The van der Waals surface area contributed by atoms with Crippen LogP contribution in [0.4, 0.5) is 34.1 Å². The molecule has 0 fully saturated rings. The fourth-order valence-electron chi connectivity index (χ4n) is 3.86. The fraction of sp³-hybridized carbons (Fsp3) is 0.0345. The van der Waals surface area contributed by atoms with E-state index in [4.69, 9.17) is 0 Å². The third-order valence-corrected chi connectivity index (χ3v) is 5.74. The van der Waals surface area contributed by atoms with Gasteiger partial charge < -0.3 is 10.6 Å². The van der Waals surface area contributed by atoms with Crippen molar-refractivity contribution in [1.82, 2.24) is 0 Å². The Labute approximate surface area is 208 Å². The number of benzene rings is 5. The van der Waals surface area contributed by atoms with E-state index in [0.717, 1.165) is 40.1 Å². The fourth-order valence-corrected chi connectivity index (χ4v) is 3.86. The van der Waals surface area contributed by atoms with Gasteiger partial charge in [-0.25, -0.2) is 0 Å². The van der Waals surface area contributed by atoms with Gasteiger partial charge in [0, 0.05) is 46.5 Å². The van der Waals surface area contributed by atoms with E-state index in [2.05, 4.69) is 45.1 Å². The van der Waals surface area contributed by atoms with Gasteiger partial charge in [-0.2, -0.15) is 5.11 Å². The third kappa shape index (κ3) is 5.37. The van der Waals surface area contributed by atoms with Gasteiger partial charge in [0.2, 0.25) is 0 Å². The van der Waals surface area contributed by atoms with Gasteiger partial charge in [0.05, 0.1) is 16.3 Å². The molecule has 0 aliphatic rings. The standard InChI is InChI=1S/C29H23N5O2/c35-34(36)25-16-14-24(15-17-25)32-33-29-19-18-28(26-8-4-5-9-27(26)29)31-23-12-10-22(11-13-23)30-20-21-6-2-1-3-7-21/h1-19,30-31H,20H2. The molecule has 0 bridgehead atoms. The molecule has 0 atom stereocenters. The van der Waals surface area contributed by atoms with Crippen LogP contribution in [-0.2, 0) is 6.54 Å². The molecule has 2 N–H and O–H groups in total. The monoisotopic (exact) mass is 473 g/mol. The molecular formula is C29H23N5O2. The number of rotatable bonds is 8. The molecule has 5 aromatic rings. The van der Waals surface area contributed by atoms with Crippen LogP contribution in [0.1, 0.15) is 5.56 Å². The van der Waals surface area contributed by atoms with Crippen LogP contribution in [0.5, 0.6) is 0 Å². The minimum Gasteiger partial charge on any atom is -0.381 e. The number of azo groups is 1. The largest absolute Gasteiger partial charge is 0.381 e. The zero-order valence-corrected chi connectivity index (χ0v) is 19.3. The van der Waals surface area contributed by atoms with Gasteiger partial charge in [0.15, 0.2) is 0 Å². The normalized spacial score (nSPS) is 11.0. The molecule has 176 valence electrons. The Kier molecular flexibility index (Phi) is 6.62. The summed E-state index contributed by atoms with van der Waals surface area (Å²) < 4.78 is 0. The second-order valence-corrected chi connectivity index (χ2v) is 8.19. The van der Waals surface area contributed by atoms with Crippen molar-refractivity contribution in [3.63, 3.8) is 0 Å². The topological polar surface area (TPSA) is 91.9 Å². The number of nitro benzene ring substituents is 1. The first-order valence-electron chi connectivity index (χ1n) is 11.5. The number of hydrogen-bond donors (Lipinski definition) is 2. The molecule has 0 aliphatic heterocycles. The lowest BCUT2D eigenvalue weighted by atomic mass is 10.1. The van der Waals surface area contributed by atoms with E-state index in [1.807, 2.05) is 66.7 Å². The summed E-state index contributed by atoms with van der Waals surface area (Å²) in [5.74, 6) is 0. The summed E-state index contributed by atoms with van der Waals surface area (Å²) in [5.41, 5.74) is 5.52. The first kappa shape index (κ1) is 22.7. The lowest BCUT2D eigenvalue weighted by Gasteiger charge is -2.12. The maximum atomic E-state index is 10.8. The second kappa shape index (κ2) is 10.5. The van der Waals surface area contributed by atoms with Crippen LogP contribution in [0.3, 0.4) is 0 Å². The van der Waals surface area contributed by atoms with Crippen molar-refractivity contribution >= 4 is 44.9 Å². The van der Waals surface area contributed by atoms with Crippen LogP contribution in [-0.4, -0.2) is 4.92 Å². The van der Waals surface area contributed by atoms with Gasteiger partial charge in [-0.1, -0.05) is 54.6 Å². The molecule has 5 aromatic carbocycles. The van der Waals surface area contributed by atoms with Crippen molar-refractivity contribution in [2.75, 3.05) is 10.6 Å². The Hall–Kier alpha value is -5.04. The van der Waals surface area contributed by atoms with Crippen LogP contribution >= 0.6 is 0 Å². The first-order chi connectivity index (χ1) is 17.7. The molecule has 0 saturated heterocycles. The maximum Gasteiger partial charge on any atom is 0.269 e. The smallest absolute Gasteiger partial charge is 0.269 e. The van der Waals surface area contributed by atoms with E-state index in [9.17, 15) is 10.1 Å². The number of nitro groups is 1. The summed E-state index contributed by atoms with van der Waals surface area (Å²) in [6.45, 7) is 0.772. The average Bonchev–Trinajstić information content (AvgIpc) is 2.93. The van der Waals surface area contributed by atoms with E-state index in [1.165, 1.54) is 17.7 Å². The number of anilines is 3. The molecule has 0 radical (unpaired) electrons. The van der Waals surface area contributed by atoms with Crippen molar-refractivity contribution in [3.05, 3.63) is 131 Å². The highest BCUT2D eigenvalue weighted by Gasteiger charge is 2.07. The molecule has 36 heavy (non-hydrogen) atoms. The van der Waals surface area contributed by atoms with Crippen molar-refractivity contribution in [1.29, 1.82) is 0 Å². The number of hydrogen-bond acceptors (Lipinski definition) is 6. The van der Waals surface area contributed by atoms with Gasteiger partial charge in [0.1, 0.15) is 0 Å². The number of fused-ring (bicyclic) bond motifs is 1. The highest BCUT2D eigenvalue weighted by Crippen LogP contribution is 2.34. The van der Waals surface area contributed by atoms with Gasteiger partial charge in [-0.15, -0.1) is 5.11 Å². The van der Waals surface area contributed by atoms with Crippen LogP contribution in [0.2, 0.25) is 0 Å². The van der Waals surface area contributed by atoms with Gasteiger partial charge >= 0.3 is 0 Å². The van der Waals surface area contributed by atoms with E-state index < -0.39 is 4.92 Å². The Bertz CT molecular complexity index is 1520. The molecule has 7 heteroatoms. The molecule has 0 saturated carbocycles. The summed E-state index contributed by atoms with van der Waals surface area (Å²) in [7, 11) is 0. The van der Waals surface area contributed by atoms with Crippen LogP contribution in [0.15, 0.2) is 125 Å². The summed E-state index contributed by atoms with van der Waals surface area (Å²) in [4.78, 5) is 10.4. The Morgan fingerprint density at radius 3 is 2.06 bits per heavy atom. The number of nitrogens with one attached hydrogen (secondary N) is 2. The Morgan fingerprint density at radius 2 is 1.33 bits per heavy atom. The highest BCUT2D eigenvalue weighted by molar-refractivity contribution is 6.01. The quantitative estimate of drug-likeness (QED) is 0.134. The maximum absolute atomic E-state index is 10.8. The predicted molar refractivity (Wildman–Crippen MR) is 145 cm³/mol. The average molecular weight is 474 g/mol. The molecule has 0 unspecified atom stereocenters. The van der Waals surface area contributed by atoms with Gasteiger partial charge in [-0.3, -0.25) is 10.1 Å². The Morgan fingerprint density at radius 1 is 0.667 bits per heavy atom. The minimum atomic E-state index is -0.436. The summed E-state index contributed by atoms with van der Waals surface area (Å²) >= 11 is 0. The summed E-state index contributed by atoms with van der Waals surface area (Å²) in [6, 6.07) is 36.4. The molecule has 0 spiro atoms. The highest BCUT2D eigenvalue weighted by atomic mass is 16.6. The van der Waals surface area contributed by atoms with Gasteiger partial charge in [0.25, 0.3) is 5.69 Å². The minimum absolute atomic E-state index is 0.0230. The third-order valence-electron chi connectivity index (χ3n) is 5.74. The van der Waals surface area contributed by atoms with Crippen LogP contribution < -0.4 is 10.6 Å². The van der Waals surface area contributed by atoms with Gasteiger partial charge in [-0.05, 0) is 54.1 Å². The van der Waals surface area contributed by atoms with Crippen LogP contribution in [0.25, 0.3) is 10.8 Å². The van der Waals surface area contributed by atoms with E-state index in [1.54, 1.807) is 12.1 Å². The van der Waals surface area contributed by atoms with E-state index in [0.29, 0.717) is 5.69 Å². The summed E-state index contributed by atoms with van der Waals surface area (Å²) in [5, 5.41) is 28.4. The van der Waals surface area contributed by atoms with Crippen molar-refractivity contribution in [2.45, 2.75) is 6.54 Å². The second-order valence-electron chi connectivity index (χ2n) is 8.19. The SMILES string of the molecule is O=[N+]([O-])c1ccc(N=Nc2ccc(Nc3ccc(NCc4ccccc4)cc3)c3ccccc23)cc1.